The second-order valence-corrected chi connectivity index (χ2v) is 6.31. The normalized spacial score (nSPS) is 10.8. The standard InChI is InChI=1S/C18H16FN3OS/c1-12-7-3-4-8-13(12)17-20-21-18(22(17)2)24-11-16(23)14-9-5-6-10-15(14)19/h3-10H,11H2,1-2H3. The Morgan fingerprint density at radius 3 is 2.58 bits per heavy atom. The van der Waals surface area contributed by atoms with Gasteiger partial charge in [0.1, 0.15) is 5.82 Å². The highest BCUT2D eigenvalue weighted by Crippen LogP contribution is 2.25. The van der Waals surface area contributed by atoms with Crippen LogP contribution in [-0.2, 0) is 7.05 Å². The molecule has 0 atom stereocenters. The smallest absolute Gasteiger partial charge is 0.191 e. The molecule has 1 aromatic heterocycles. The first-order valence-electron chi connectivity index (χ1n) is 7.44. The Labute approximate surface area is 143 Å². The molecule has 0 N–H and O–H groups in total. The number of thioether (sulfide) groups is 1. The van der Waals surface area contributed by atoms with Crippen molar-refractivity contribution in [3.05, 3.63) is 65.5 Å². The number of hydrogen-bond acceptors (Lipinski definition) is 4. The molecule has 122 valence electrons. The van der Waals surface area contributed by atoms with Crippen LogP contribution in [0.4, 0.5) is 4.39 Å². The largest absolute Gasteiger partial charge is 0.305 e. The van der Waals surface area contributed by atoms with Gasteiger partial charge in [0, 0.05) is 12.6 Å². The van der Waals surface area contributed by atoms with Crippen molar-refractivity contribution in [2.24, 2.45) is 7.05 Å². The van der Waals surface area contributed by atoms with Gasteiger partial charge in [-0.2, -0.15) is 0 Å². The van der Waals surface area contributed by atoms with E-state index in [0.717, 1.165) is 17.0 Å². The molecule has 0 unspecified atom stereocenters. The number of rotatable bonds is 5. The minimum atomic E-state index is -0.498. The summed E-state index contributed by atoms with van der Waals surface area (Å²) in [7, 11) is 1.86. The molecule has 0 spiro atoms. The van der Waals surface area contributed by atoms with Gasteiger partial charge in [-0.1, -0.05) is 48.2 Å². The number of Topliss-reactive ketones (excluding diaryl/α,β-unsaturated/α-hetero) is 1. The summed E-state index contributed by atoms with van der Waals surface area (Å²) >= 11 is 1.25. The summed E-state index contributed by atoms with van der Waals surface area (Å²) in [4.78, 5) is 12.2. The maximum atomic E-state index is 13.7. The Bertz CT molecular complexity index is 891. The zero-order valence-electron chi connectivity index (χ0n) is 13.4. The monoisotopic (exact) mass is 341 g/mol. The van der Waals surface area contributed by atoms with E-state index in [1.165, 1.54) is 23.9 Å². The molecule has 0 saturated heterocycles. The van der Waals surface area contributed by atoms with Crippen LogP contribution in [0.1, 0.15) is 15.9 Å². The number of aromatic nitrogens is 3. The van der Waals surface area contributed by atoms with Crippen molar-refractivity contribution in [2.75, 3.05) is 5.75 Å². The van der Waals surface area contributed by atoms with Gasteiger partial charge in [-0.3, -0.25) is 4.79 Å². The van der Waals surface area contributed by atoms with E-state index in [-0.39, 0.29) is 17.1 Å². The highest BCUT2D eigenvalue weighted by atomic mass is 32.2. The highest BCUT2D eigenvalue weighted by molar-refractivity contribution is 7.99. The van der Waals surface area contributed by atoms with Crippen molar-refractivity contribution in [1.29, 1.82) is 0 Å². The minimum absolute atomic E-state index is 0.103. The lowest BCUT2D eigenvalue weighted by Gasteiger charge is -2.06. The number of benzene rings is 2. The first-order chi connectivity index (χ1) is 11.6. The second kappa shape index (κ2) is 6.97. The van der Waals surface area contributed by atoms with Crippen LogP contribution in [0.25, 0.3) is 11.4 Å². The summed E-state index contributed by atoms with van der Waals surface area (Å²) < 4.78 is 15.5. The molecule has 1 heterocycles. The van der Waals surface area contributed by atoms with Crippen LogP contribution in [0, 0.1) is 12.7 Å². The highest BCUT2D eigenvalue weighted by Gasteiger charge is 2.16. The maximum Gasteiger partial charge on any atom is 0.191 e. The van der Waals surface area contributed by atoms with Crippen molar-refractivity contribution in [3.63, 3.8) is 0 Å². The van der Waals surface area contributed by atoms with E-state index in [2.05, 4.69) is 10.2 Å². The molecular formula is C18H16FN3OS. The lowest BCUT2D eigenvalue weighted by Crippen LogP contribution is -2.06. The number of carbonyl (C=O) groups is 1. The van der Waals surface area contributed by atoms with E-state index >= 15 is 0 Å². The maximum absolute atomic E-state index is 13.7. The van der Waals surface area contributed by atoms with E-state index < -0.39 is 5.82 Å². The number of halogens is 1. The van der Waals surface area contributed by atoms with Gasteiger partial charge in [-0.25, -0.2) is 4.39 Å². The molecule has 6 heteroatoms. The number of nitrogens with zero attached hydrogens (tertiary/aromatic N) is 3. The molecule has 0 saturated carbocycles. The Morgan fingerprint density at radius 1 is 1.12 bits per heavy atom. The van der Waals surface area contributed by atoms with Gasteiger partial charge in [-0.05, 0) is 24.6 Å². The topological polar surface area (TPSA) is 47.8 Å². The van der Waals surface area contributed by atoms with Gasteiger partial charge >= 0.3 is 0 Å². The van der Waals surface area contributed by atoms with Crippen LogP contribution in [0.2, 0.25) is 0 Å². The van der Waals surface area contributed by atoms with Crippen molar-refractivity contribution in [1.82, 2.24) is 14.8 Å². The number of carbonyl (C=O) groups excluding carboxylic acids is 1. The van der Waals surface area contributed by atoms with Crippen LogP contribution in [0.3, 0.4) is 0 Å². The first kappa shape index (κ1) is 16.4. The zero-order chi connectivity index (χ0) is 17.1. The molecule has 3 rings (SSSR count). The van der Waals surface area contributed by atoms with Gasteiger partial charge in [0.15, 0.2) is 16.8 Å². The predicted octanol–water partition coefficient (Wildman–Crippen LogP) is 3.90. The molecule has 3 aromatic rings. The Morgan fingerprint density at radius 2 is 1.83 bits per heavy atom. The molecule has 0 amide bonds. The van der Waals surface area contributed by atoms with Crippen molar-refractivity contribution >= 4 is 17.5 Å². The van der Waals surface area contributed by atoms with Gasteiger partial charge < -0.3 is 4.57 Å². The van der Waals surface area contributed by atoms with Crippen molar-refractivity contribution in [3.8, 4) is 11.4 Å². The first-order valence-corrected chi connectivity index (χ1v) is 8.42. The summed E-state index contributed by atoms with van der Waals surface area (Å²) in [6.45, 7) is 2.01. The molecule has 0 bridgehead atoms. The Balaban J connectivity index is 1.77. The lowest BCUT2D eigenvalue weighted by atomic mass is 10.1. The third-order valence-electron chi connectivity index (χ3n) is 3.73. The Hall–Kier alpha value is -2.47. The summed E-state index contributed by atoms with van der Waals surface area (Å²) in [6.07, 6.45) is 0. The fraction of sp³-hybridized carbons (Fsp3) is 0.167. The molecule has 0 fully saturated rings. The van der Waals surface area contributed by atoms with Crippen molar-refractivity contribution in [2.45, 2.75) is 12.1 Å². The Kier molecular flexibility index (Phi) is 4.76. The van der Waals surface area contributed by atoms with Crippen LogP contribution in [0.5, 0.6) is 0 Å². The van der Waals surface area contributed by atoms with E-state index in [9.17, 15) is 9.18 Å². The van der Waals surface area contributed by atoms with Crippen LogP contribution in [0.15, 0.2) is 53.7 Å². The average Bonchev–Trinajstić information content (AvgIpc) is 2.94. The molecule has 0 aliphatic heterocycles. The summed E-state index contributed by atoms with van der Waals surface area (Å²) in [5, 5.41) is 9.00. The molecule has 0 aliphatic carbocycles. The molecule has 0 radical (unpaired) electrons. The minimum Gasteiger partial charge on any atom is -0.305 e. The van der Waals surface area contributed by atoms with Gasteiger partial charge in [0.25, 0.3) is 0 Å². The molecule has 24 heavy (non-hydrogen) atoms. The van der Waals surface area contributed by atoms with Gasteiger partial charge in [0.05, 0.1) is 11.3 Å². The third kappa shape index (κ3) is 3.23. The summed E-state index contributed by atoms with van der Waals surface area (Å²) in [5.74, 6) is 0.0925. The lowest BCUT2D eigenvalue weighted by molar-refractivity contribution is 0.101. The second-order valence-electron chi connectivity index (χ2n) is 5.37. The van der Waals surface area contributed by atoms with Crippen LogP contribution < -0.4 is 0 Å². The SMILES string of the molecule is Cc1ccccc1-c1nnc(SCC(=O)c2ccccc2F)n1C. The van der Waals surface area contributed by atoms with E-state index in [4.69, 9.17) is 0 Å². The number of hydrogen-bond donors (Lipinski definition) is 0. The van der Waals surface area contributed by atoms with Crippen LogP contribution in [-0.4, -0.2) is 26.3 Å². The van der Waals surface area contributed by atoms with Crippen molar-refractivity contribution < 1.29 is 9.18 Å². The van der Waals surface area contributed by atoms with E-state index in [0.29, 0.717) is 5.16 Å². The number of aryl methyl sites for hydroxylation is 1. The van der Waals surface area contributed by atoms with E-state index in [1.54, 1.807) is 12.1 Å². The third-order valence-corrected chi connectivity index (χ3v) is 4.75. The zero-order valence-corrected chi connectivity index (χ0v) is 14.2. The van der Waals surface area contributed by atoms with Gasteiger partial charge in [-0.15, -0.1) is 10.2 Å². The van der Waals surface area contributed by atoms with Gasteiger partial charge in [0.2, 0.25) is 0 Å². The van der Waals surface area contributed by atoms with E-state index in [1.807, 2.05) is 42.8 Å². The predicted molar refractivity (Wildman–Crippen MR) is 92.6 cm³/mol. The summed E-state index contributed by atoms with van der Waals surface area (Å²) in [5.41, 5.74) is 2.21. The fourth-order valence-electron chi connectivity index (χ4n) is 2.39. The molecule has 0 aliphatic rings. The summed E-state index contributed by atoms with van der Waals surface area (Å²) in [6, 6.07) is 13.9. The average molecular weight is 341 g/mol. The quantitative estimate of drug-likeness (QED) is 0.521. The molecule has 4 nitrogen and oxygen atoms in total. The molecule has 2 aromatic carbocycles. The fourth-order valence-corrected chi connectivity index (χ4v) is 3.19. The van der Waals surface area contributed by atoms with Crippen LogP contribution >= 0.6 is 11.8 Å². The number of ketones is 1. The molecular weight excluding hydrogens is 325 g/mol.